The van der Waals surface area contributed by atoms with Gasteiger partial charge in [-0.3, -0.25) is 4.79 Å². The summed E-state index contributed by atoms with van der Waals surface area (Å²) in [6.07, 6.45) is 6.88. The van der Waals surface area contributed by atoms with Crippen LogP contribution in [0, 0.1) is 12.8 Å². The zero-order chi connectivity index (χ0) is 18.4. The van der Waals surface area contributed by atoms with Crippen molar-refractivity contribution in [2.24, 2.45) is 10.9 Å². The Morgan fingerprint density at radius 3 is 2.70 bits per heavy atom. The van der Waals surface area contributed by atoms with Crippen LogP contribution in [0.4, 0.5) is 0 Å². The first-order chi connectivity index (χ1) is 12.7. The molecule has 0 bridgehead atoms. The molecule has 2 fully saturated rings. The molecule has 2 aliphatic rings. The van der Waals surface area contributed by atoms with Gasteiger partial charge >= 0.3 is 0 Å². The van der Waals surface area contributed by atoms with Gasteiger partial charge in [-0.25, -0.2) is 4.99 Å². The number of guanidine groups is 1. The summed E-state index contributed by atoms with van der Waals surface area (Å²) in [6.45, 7) is 7.42. The fourth-order valence-corrected chi connectivity index (χ4v) is 4.74. The van der Waals surface area contributed by atoms with Crippen LogP contribution in [0.15, 0.2) is 17.1 Å². The predicted octanol–water partition coefficient (Wildman–Crippen LogP) is 3.91. The average molecular weight is 504 g/mol. The largest absolute Gasteiger partial charge is 0.357 e. The van der Waals surface area contributed by atoms with Crippen molar-refractivity contribution < 1.29 is 4.79 Å². The van der Waals surface area contributed by atoms with Crippen molar-refractivity contribution in [3.8, 4) is 0 Å². The van der Waals surface area contributed by atoms with Gasteiger partial charge in [0.2, 0.25) is 5.91 Å². The number of hydrogen-bond acceptors (Lipinski definition) is 3. The highest BCUT2D eigenvalue weighted by molar-refractivity contribution is 14.0. The van der Waals surface area contributed by atoms with Crippen molar-refractivity contribution in [3.63, 3.8) is 0 Å². The number of nitrogens with zero attached hydrogens (tertiary/aromatic N) is 2. The van der Waals surface area contributed by atoms with E-state index in [-0.39, 0.29) is 29.9 Å². The van der Waals surface area contributed by atoms with Crippen LogP contribution in [-0.2, 0) is 11.3 Å². The van der Waals surface area contributed by atoms with E-state index in [4.69, 9.17) is 4.99 Å². The molecule has 7 heteroatoms. The lowest BCUT2D eigenvalue weighted by atomic mass is 9.88. The molecule has 1 unspecified atom stereocenters. The summed E-state index contributed by atoms with van der Waals surface area (Å²) in [5.41, 5.74) is 0. The number of aryl methyl sites for hydroxylation is 1. The Kier molecular flexibility index (Phi) is 9.35. The molecule has 0 spiro atoms. The van der Waals surface area contributed by atoms with Crippen molar-refractivity contribution in [1.82, 2.24) is 15.5 Å². The highest BCUT2D eigenvalue weighted by atomic mass is 127. The van der Waals surface area contributed by atoms with E-state index in [1.807, 2.05) is 0 Å². The van der Waals surface area contributed by atoms with Crippen LogP contribution in [0.3, 0.4) is 0 Å². The smallest absolute Gasteiger partial charge is 0.225 e. The van der Waals surface area contributed by atoms with Crippen molar-refractivity contribution in [2.75, 3.05) is 19.6 Å². The third-order valence-electron chi connectivity index (χ3n) is 5.33. The monoisotopic (exact) mass is 504 g/mol. The number of rotatable bonds is 5. The molecule has 0 radical (unpaired) electrons. The zero-order valence-corrected chi connectivity index (χ0v) is 19.6. The number of thiophene rings is 1. The number of likely N-dealkylation sites (tertiary alicyclic amines) is 1. The van der Waals surface area contributed by atoms with E-state index in [1.54, 1.807) is 11.3 Å². The lowest BCUT2D eigenvalue weighted by molar-refractivity contribution is -0.135. The fraction of sp³-hybridized carbons (Fsp3) is 0.700. The Morgan fingerprint density at radius 2 is 2.04 bits per heavy atom. The maximum Gasteiger partial charge on any atom is 0.225 e. The van der Waals surface area contributed by atoms with Crippen LogP contribution in [0.1, 0.15) is 55.2 Å². The molecule has 3 rings (SSSR count). The molecule has 27 heavy (non-hydrogen) atoms. The number of amides is 1. The second kappa shape index (κ2) is 11.2. The van der Waals surface area contributed by atoms with Crippen LogP contribution in [0.2, 0.25) is 0 Å². The van der Waals surface area contributed by atoms with Crippen LogP contribution >= 0.6 is 35.3 Å². The van der Waals surface area contributed by atoms with Gasteiger partial charge in [0, 0.05) is 41.3 Å². The molecule has 152 valence electrons. The van der Waals surface area contributed by atoms with Gasteiger partial charge in [-0.15, -0.1) is 35.3 Å². The average Bonchev–Trinajstić information content (AvgIpc) is 3.29. The van der Waals surface area contributed by atoms with E-state index >= 15 is 0 Å². The lowest BCUT2D eigenvalue weighted by Crippen LogP contribution is -2.45. The Morgan fingerprint density at radius 1 is 1.26 bits per heavy atom. The maximum atomic E-state index is 12.7. The molecular formula is C20H33IN4OS. The zero-order valence-electron chi connectivity index (χ0n) is 16.5. The number of carbonyl (C=O) groups is 1. The molecule has 5 nitrogen and oxygen atoms in total. The van der Waals surface area contributed by atoms with Gasteiger partial charge < -0.3 is 15.5 Å². The first kappa shape index (κ1) is 22.5. The standard InChI is InChI=1S/C20H32N4OS.HI/c1-3-21-20(22-13-18-10-9-15(2)26-18)23-17-11-12-24(14-17)19(25)16-7-5-4-6-8-16;/h9-10,16-17H,3-8,11-14H2,1-2H3,(H2,21,22,23);1H. The molecular weight excluding hydrogens is 471 g/mol. The minimum absolute atomic E-state index is 0. The molecule has 1 atom stereocenters. The number of nitrogens with one attached hydrogen (secondary N) is 2. The molecule has 1 saturated carbocycles. The SMILES string of the molecule is CCNC(=NCc1ccc(C)s1)NC1CCN(C(=O)C2CCCCC2)C1.I. The molecule has 1 aliphatic carbocycles. The molecule has 1 saturated heterocycles. The molecule has 1 aromatic heterocycles. The van der Waals surface area contributed by atoms with Gasteiger partial charge in [0.25, 0.3) is 0 Å². The van der Waals surface area contributed by atoms with E-state index in [0.717, 1.165) is 44.9 Å². The Labute approximate surface area is 184 Å². The minimum Gasteiger partial charge on any atom is -0.357 e. The normalized spacial score (nSPS) is 21.0. The van der Waals surface area contributed by atoms with Gasteiger partial charge in [0.05, 0.1) is 6.54 Å². The summed E-state index contributed by atoms with van der Waals surface area (Å²) < 4.78 is 0. The van der Waals surface area contributed by atoms with Crippen LogP contribution in [0.25, 0.3) is 0 Å². The topological polar surface area (TPSA) is 56.7 Å². The van der Waals surface area contributed by atoms with Crippen molar-refractivity contribution in [2.45, 2.75) is 65.0 Å². The predicted molar refractivity (Wildman–Crippen MR) is 124 cm³/mol. The fourth-order valence-electron chi connectivity index (χ4n) is 3.93. The lowest BCUT2D eigenvalue weighted by Gasteiger charge is -2.26. The van der Waals surface area contributed by atoms with Crippen LogP contribution in [0.5, 0.6) is 0 Å². The molecule has 0 aromatic carbocycles. The maximum absolute atomic E-state index is 12.7. The van der Waals surface area contributed by atoms with E-state index in [1.165, 1.54) is 29.0 Å². The third kappa shape index (κ3) is 6.62. The summed E-state index contributed by atoms with van der Waals surface area (Å²) in [4.78, 5) is 22.1. The summed E-state index contributed by atoms with van der Waals surface area (Å²) >= 11 is 1.80. The number of halogens is 1. The summed E-state index contributed by atoms with van der Waals surface area (Å²) in [5.74, 6) is 1.51. The van der Waals surface area contributed by atoms with E-state index < -0.39 is 0 Å². The summed E-state index contributed by atoms with van der Waals surface area (Å²) in [5, 5.41) is 6.87. The number of hydrogen-bond donors (Lipinski definition) is 2. The van der Waals surface area contributed by atoms with Crippen molar-refractivity contribution in [3.05, 3.63) is 21.9 Å². The molecule has 1 amide bonds. The Hall–Kier alpha value is -0.830. The van der Waals surface area contributed by atoms with E-state index in [9.17, 15) is 4.79 Å². The Balaban J connectivity index is 0.00000261. The van der Waals surface area contributed by atoms with Crippen molar-refractivity contribution in [1.29, 1.82) is 0 Å². The highest BCUT2D eigenvalue weighted by Gasteiger charge is 2.31. The molecule has 2 N–H and O–H groups in total. The van der Waals surface area contributed by atoms with Crippen LogP contribution in [-0.4, -0.2) is 42.4 Å². The molecule has 1 aromatic rings. The second-order valence-electron chi connectivity index (χ2n) is 7.46. The highest BCUT2D eigenvalue weighted by Crippen LogP contribution is 2.26. The Bertz CT molecular complexity index is 627. The first-order valence-corrected chi connectivity index (χ1v) is 10.9. The third-order valence-corrected chi connectivity index (χ3v) is 6.31. The van der Waals surface area contributed by atoms with Gasteiger partial charge in [-0.1, -0.05) is 19.3 Å². The van der Waals surface area contributed by atoms with E-state index in [0.29, 0.717) is 18.5 Å². The number of carbonyl (C=O) groups excluding carboxylic acids is 1. The molecule has 2 heterocycles. The quantitative estimate of drug-likeness (QED) is 0.363. The second-order valence-corrected chi connectivity index (χ2v) is 8.83. The first-order valence-electron chi connectivity index (χ1n) is 10.0. The van der Waals surface area contributed by atoms with Gasteiger partial charge in [0.1, 0.15) is 0 Å². The van der Waals surface area contributed by atoms with Crippen LogP contribution < -0.4 is 10.6 Å². The summed E-state index contributed by atoms with van der Waals surface area (Å²) in [6, 6.07) is 4.58. The number of aliphatic imine (C=N–C) groups is 1. The van der Waals surface area contributed by atoms with E-state index in [2.05, 4.69) is 41.5 Å². The minimum atomic E-state index is 0. The van der Waals surface area contributed by atoms with Gasteiger partial charge in [0.15, 0.2) is 5.96 Å². The van der Waals surface area contributed by atoms with Gasteiger partial charge in [-0.05, 0) is 45.2 Å². The van der Waals surface area contributed by atoms with Gasteiger partial charge in [-0.2, -0.15) is 0 Å². The molecule has 1 aliphatic heterocycles. The summed E-state index contributed by atoms with van der Waals surface area (Å²) in [7, 11) is 0. The van der Waals surface area contributed by atoms with Crippen molar-refractivity contribution >= 4 is 47.2 Å².